The predicted molar refractivity (Wildman–Crippen MR) is 141 cm³/mol. The first kappa shape index (κ1) is 32.6. The highest BCUT2D eigenvalue weighted by Crippen LogP contribution is 2.50. The van der Waals surface area contributed by atoms with Gasteiger partial charge in [0.25, 0.3) is 5.91 Å². The molecule has 5 N–H and O–H groups in total. The Morgan fingerprint density at radius 2 is 1.90 bits per heavy atom. The van der Waals surface area contributed by atoms with E-state index in [-0.39, 0.29) is 49.6 Å². The Labute approximate surface area is 237 Å². The van der Waals surface area contributed by atoms with Crippen LogP contribution in [0.25, 0.3) is 0 Å². The first-order valence-electron chi connectivity index (χ1n) is 13.2. The lowest BCUT2D eigenvalue weighted by molar-refractivity contribution is -0.198. The Morgan fingerprint density at radius 3 is 2.44 bits per heavy atom. The van der Waals surface area contributed by atoms with Crippen molar-refractivity contribution in [3.8, 4) is 0 Å². The summed E-state index contributed by atoms with van der Waals surface area (Å²) in [5, 5.41) is 16.2. The molecule has 1 aromatic heterocycles. The zero-order valence-electron chi connectivity index (χ0n) is 22.9. The Bertz CT molecular complexity index is 1130. The van der Waals surface area contributed by atoms with Crippen LogP contribution in [0.15, 0.2) is 18.6 Å². The largest absolute Gasteiger partial charge is 0.777 e. The van der Waals surface area contributed by atoms with E-state index in [0.717, 1.165) is 0 Å². The molecule has 0 bridgehead atoms. The normalized spacial score (nSPS) is 23.4. The topological polar surface area (TPSA) is 232 Å². The number of carbonyl (C=O) groups is 4. The minimum atomic E-state index is -5.29. The van der Waals surface area contributed by atoms with E-state index >= 15 is 0 Å². The summed E-state index contributed by atoms with van der Waals surface area (Å²) in [4.78, 5) is 77.8. The first-order valence-corrected chi connectivity index (χ1v) is 14.8. The fraction of sp³-hybridized carbons (Fsp3) is 0.652. The van der Waals surface area contributed by atoms with Gasteiger partial charge >= 0.3 is 13.1 Å². The monoisotopic (exact) mass is 597 g/mol. The molecule has 4 atom stereocenters. The highest BCUT2D eigenvalue weighted by molar-refractivity contribution is 7.52. The van der Waals surface area contributed by atoms with Crippen molar-refractivity contribution in [2.24, 2.45) is 11.8 Å². The summed E-state index contributed by atoms with van der Waals surface area (Å²) in [6, 6.07) is 0. The Kier molecular flexibility index (Phi) is 11.4. The van der Waals surface area contributed by atoms with Crippen molar-refractivity contribution in [2.75, 3.05) is 39.4 Å². The van der Waals surface area contributed by atoms with Gasteiger partial charge in [0.1, 0.15) is 5.69 Å². The molecule has 3 rings (SSSR count). The summed E-state index contributed by atoms with van der Waals surface area (Å²) in [5.74, 6) is -5.64. The van der Waals surface area contributed by atoms with Crippen LogP contribution < -0.4 is 20.8 Å². The van der Waals surface area contributed by atoms with Crippen molar-refractivity contribution < 1.29 is 47.9 Å². The second-order valence-electron chi connectivity index (χ2n) is 10.3. The Balaban J connectivity index is 1.46. The van der Waals surface area contributed by atoms with Gasteiger partial charge in [-0.1, -0.05) is 13.8 Å². The summed E-state index contributed by atoms with van der Waals surface area (Å²) < 4.78 is 23.2. The van der Waals surface area contributed by atoms with Gasteiger partial charge in [0.05, 0.1) is 18.2 Å². The Morgan fingerprint density at radius 1 is 1.22 bits per heavy atom. The fourth-order valence-electron chi connectivity index (χ4n) is 4.81. The molecular weight excluding hydrogens is 562 g/mol. The van der Waals surface area contributed by atoms with E-state index in [1.54, 1.807) is 5.32 Å². The van der Waals surface area contributed by atoms with Gasteiger partial charge in [-0.05, 0) is 31.2 Å². The molecule has 0 radical (unpaired) electrons. The van der Waals surface area contributed by atoms with E-state index in [4.69, 9.17) is 19.3 Å². The van der Waals surface area contributed by atoms with E-state index in [0.29, 0.717) is 32.5 Å². The summed E-state index contributed by atoms with van der Waals surface area (Å²) in [6.45, 7) is 5.80. The van der Waals surface area contributed by atoms with Crippen LogP contribution in [0.4, 0.5) is 0 Å². The summed E-state index contributed by atoms with van der Waals surface area (Å²) in [7, 11) is -5.98. The lowest BCUT2D eigenvalue weighted by Gasteiger charge is -2.32. The lowest BCUT2D eigenvalue weighted by Crippen LogP contribution is -2.57. The van der Waals surface area contributed by atoms with Crippen LogP contribution in [-0.2, 0) is 28.3 Å². The number of nitrogens with one attached hydrogen (secondary N) is 3. The maximum absolute atomic E-state index is 12.8. The van der Waals surface area contributed by atoms with Crippen LogP contribution in [0.1, 0.15) is 43.6 Å². The number of carboxylic acids is 1. The molecule has 2 aliphatic rings. The molecule has 1 aliphatic heterocycles. The molecule has 1 saturated carbocycles. The van der Waals surface area contributed by atoms with Crippen molar-refractivity contribution >= 4 is 38.4 Å². The van der Waals surface area contributed by atoms with E-state index in [2.05, 4.69) is 20.6 Å². The van der Waals surface area contributed by atoms with Crippen LogP contribution >= 0.6 is 7.60 Å². The Hall–Kier alpha value is -2.95. The third kappa shape index (κ3) is 9.28. The number of aliphatic carboxylic acids is 1. The summed E-state index contributed by atoms with van der Waals surface area (Å²) in [5.41, 5.74) is -0.641. The maximum atomic E-state index is 12.8. The maximum Gasteiger partial charge on any atom is 0.484 e. The molecular formula is C23H35BN6O10P-. The molecule has 0 spiro atoms. The number of carboxylic acid groups (broad SMARTS) is 1. The second kappa shape index (κ2) is 14.3. The summed E-state index contributed by atoms with van der Waals surface area (Å²) in [6.07, 6.45) is 4.92. The van der Waals surface area contributed by atoms with Gasteiger partial charge in [0, 0.05) is 45.1 Å². The van der Waals surface area contributed by atoms with Gasteiger partial charge in [-0.3, -0.25) is 24.3 Å². The van der Waals surface area contributed by atoms with Crippen LogP contribution in [0, 0.1) is 11.8 Å². The van der Waals surface area contributed by atoms with Crippen molar-refractivity contribution in [1.82, 2.24) is 30.8 Å². The molecule has 2 fully saturated rings. The van der Waals surface area contributed by atoms with Crippen LogP contribution in [0.2, 0.25) is 0 Å². The smallest absolute Gasteiger partial charge is 0.484 e. The molecule has 3 amide bonds. The fourth-order valence-corrected chi connectivity index (χ4v) is 5.40. The molecule has 0 aromatic carbocycles. The van der Waals surface area contributed by atoms with Gasteiger partial charge in [0.15, 0.2) is 13.4 Å². The van der Waals surface area contributed by atoms with Gasteiger partial charge in [-0.15, -0.1) is 0 Å². The van der Waals surface area contributed by atoms with Gasteiger partial charge in [-0.2, -0.15) is 0 Å². The lowest BCUT2D eigenvalue weighted by atomic mass is 9.71. The highest BCUT2D eigenvalue weighted by atomic mass is 31.2. The minimum Gasteiger partial charge on any atom is -0.777 e. The SMILES string of the molecule is CC(C)[C@@H]1C[C@@]1(NC(=O)CNC(=O)c1cnccn1)B1OCCN(CCCC(=O)NC(C(=O)O)P(=O)([O-])O)CCO1. The number of carbonyl (C=O) groups excluding carboxylic acids is 3. The first-order chi connectivity index (χ1) is 19.3. The van der Waals surface area contributed by atoms with E-state index in [9.17, 15) is 28.6 Å². The van der Waals surface area contributed by atoms with E-state index in [1.807, 2.05) is 18.7 Å². The molecule has 226 valence electrons. The number of aromatic nitrogens is 2. The molecule has 16 nitrogen and oxygen atoms in total. The average Bonchev–Trinajstić information content (AvgIpc) is 3.61. The molecule has 2 heterocycles. The van der Waals surface area contributed by atoms with E-state index in [1.165, 1.54) is 18.6 Å². The third-order valence-electron chi connectivity index (χ3n) is 6.95. The van der Waals surface area contributed by atoms with Crippen molar-refractivity contribution in [1.29, 1.82) is 0 Å². The summed E-state index contributed by atoms with van der Waals surface area (Å²) >= 11 is 0. The molecule has 41 heavy (non-hydrogen) atoms. The number of amides is 3. The van der Waals surface area contributed by atoms with Crippen LogP contribution in [0.5, 0.6) is 0 Å². The second-order valence-corrected chi connectivity index (χ2v) is 12.0. The standard InChI is InChI=1S/C23H36BN6O10P/c1-15(2)16-12-23(16,29-19(32)14-27-20(33)17-13-25-5-6-26-17)24-39-10-8-30(9-11-40-24)7-3-4-18(31)28-21(22(34)35)41(36,37)38/h5-6,13,15-16,21H,3-4,7-12,14H2,1-2H3,(H,27,33)(H,28,31)(H,29,32)(H,34,35)(H2,36,37,38)/p-1/t16-,21?,23-/m0/s1. The van der Waals surface area contributed by atoms with E-state index < -0.39 is 43.7 Å². The average molecular weight is 597 g/mol. The number of rotatable bonds is 13. The molecule has 18 heteroatoms. The molecule has 1 aliphatic carbocycles. The molecule has 2 unspecified atom stereocenters. The van der Waals surface area contributed by atoms with Crippen molar-refractivity contribution in [2.45, 2.75) is 44.3 Å². The quantitative estimate of drug-likeness (QED) is 0.122. The number of nitrogens with zero attached hydrogens (tertiary/aromatic N) is 3. The highest BCUT2D eigenvalue weighted by Gasteiger charge is 2.66. The van der Waals surface area contributed by atoms with Crippen molar-refractivity contribution in [3.63, 3.8) is 0 Å². The number of hydrogen-bond acceptors (Lipinski definition) is 11. The zero-order valence-corrected chi connectivity index (χ0v) is 23.7. The van der Waals surface area contributed by atoms with Gasteiger partial charge < -0.3 is 44.7 Å². The van der Waals surface area contributed by atoms with Crippen LogP contribution in [-0.4, -0.2) is 106 Å². The van der Waals surface area contributed by atoms with Gasteiger partial charge in [-0.25, -0.2) is 9.78 Å². The van der Waals surface area contributed by atoms with Gasteiger partial charge in [0.2, 0.25) is 11.8 Å². The van der Waals surface area contributed by atoms with Crippen LogP contribution in [0.3, 0.4) is 0 Å². The number of hydrogen-bond donors (Lipinski definition) is 5. The van der Waals surface area contributed by atoms with Crippen molar-refractivity contribution in [3.05, 3.63) is 24.3 Å². The minimum absolute atomic E-state index is 0.0984. The molecule has 1 aromatic rings. The predicted octanol–water partition coefficient (Wildman–Crippen LogP) is -2.03. The molecule has 1 saturated heterocycles. The zero-order chi connectivity index (χ0) is 30.2. The third-order valence-corrected chi connectivity index (χ3v) is 7.95.